The van der Waals surface area contributed by atoms with E-state index in [2.05, 4.69) is 0 Å². The molecule has 1 aliphatic heterocycles. The predicted octanol–water partition coefficient (Wildman–Crippen LogP) is -0.260. The fourth-order valence-corrected chi connectivity index (χ4v) is 1.21. The zero-order valence-corrected chi connectivity index (χ0v) is 6.69. The molecule has 0 saturated carbocycles. The van der Waals surface area contributed by atoms with E-state index in [-0.39, 0.29) is 11.9 Å². The number of aliphatic hydroxyl groups is 1. The van der Waals surface area contributed by atoms with Gasteiger partial charge in [0.15, 0.2) is 0 Å². The minimum Gasteiger partial charge on any atom is -0.390 e. The van der Waals surface area contributed by atoms with Gasteiger partial charge in [-0.3, -0.25) is 0 Å². The lowest BCUT2D eigenvalue weighted by Crippen LogP contribution is -2.39. The number of ether oxygens (including phenoxy) is 2. The van der Waals surface area contributed by atoms with E-state index < -0.39 is 6.10 Å². The lowest BCUT2D eigenvalue weighted by atomic mass is 9.80. The van der Waals surface area contributed by atoms with Crippen molar-refractivity contribution >= 4 is 7.85 Å². The molecule has 1 N–H and O–H groups in total. The summed E-state index contributed by atoms with van der Waals surface area (Å²) < 4.78 is 10.1. The van der Waals surface area contributed by atoms with Crippen LogP contribution in [-0.2, 0) is 9.47 Å². The third-order valence-electron chi connectivity index (χ3n) is 1.83. The lowest BCUT2D eigenvalue weighted by Gasteiger charge is -2.31. The molecule has 2 radical (unpaired) electrons. The molecule has 3 atom stereocenters. The summed E-state index contributed by atoms with van der Waals surface area (Å²) in [4.78, 5) is 0. The fourth-order valence-electron chi connectivity index (χ4n) is 1.21. The molecular formula is C7H13BO3. The number of hydrogen-bond donors (Lipinski definition) is 1. The highest BCUT2D eigenvalue weighted by atomic mass is 16.5. The largest absolute Gasteiger partial charge is 0.390 e. The average Bonchev–Trinajstić information content (AvgIpc) is 1.95. The summed E-state index contributed by atoms with van der Waals surface area (Å²) in [7, 11) is 7.15. The van der Waals surface area contributed by atoms with Crippen LogP contribution in [-0.4, -0.2) is 45.5 Å². The van der Waals surface area contributed by atoms with Crippen LogP contribution in [0, 0.1) is 0 Å². The van der Waals surface area contributed by atoms with E-state index >= 15 is 0 Å². The summed E-state index contributed by atoms with van der Waals surface area (Å²) in [6, 6.07) is 0. The molecular weight excluding hydrogens is 143 g/mol. The Labute approximate surface area is 68.1 Å². The molecule has 0 aromatic heterocycles. The summed E-state index contributed by atoms with van der Waals surface area (Å²) in [5.41, 5.74) is 0. The average molecular weight is 156 g/mol. The van der Waals surface area contributed by atoms with Crippen molar-refractivity contribution in [2.75, 3.05) is 20.3 Å². The van der Waals surface area contributed by atoms with Crippen molar-refractivity contribution in [3.05, 3.63) is 0 Å². The van der Waals surface area contributed by atoms with Crippen molar-refractivity contribution in [3.63, 3.8) is 0 Å². The molecule has 1 heterocycles. The summed E-state index contributed by atoms with van der Waals surface area (Å²) in [5, 5.41) is 9.39. The third kappa shape index (κ3) is 2.47. The van der Waals surface area contributed by atoms with Gasteiger partial charge in [-0.15, -0.1) is 0 Å². The van der Waals surface area contributed by atoms with Crippen LogP contribution in [0.4, 0.5) is 0 Å². The molecule has 0 spiro atoms. The number of rotatable bonds is 2. The van der Waals surface area contributed by atoms with Crippen molar-refractivity contribution in [2.45, 2.75) is 24.4 Å². The molecule has 1 saturated heterocycles. The molecule has 3 nitrogen and oxygen atoms in total. The second-order valence-electron chi connectivity index (χ2n) is 2.89. The highest BCUT2D eigenvalue weighted by molar-refractivity contribution is 6.11. The highest BCUT2D eigenvalue weighted by Gasteiger charge is 2.26. The van der Waals surface area contributed by atoms with Gasteiger partial charge in [0.05, 0.1) is 20.6 Å². The quantitative estimate of drug-likeness (QED) is 0.559. The highest BCUT2D eigenvalue weighted by Crippen LogP contribution is 2.21. The molecule has 62 valence electrons. The van der Waals surface area contributed by atoms with E-state index in [9.17, 15) is 5.11 Å². The van der Waals surface area contributed by atoms with E-state index in [1.165, 1.54) is 0 Å². The first-order valence-corrected chi connectivity index (χ1v) is 3.78. The molecule has 4 heteroatoms. The Balaban J connectivity index is 2.31. The normalized spacial score (nSPS) is 38.9. The molecule has 0 aromatic rings. The SMILES string of the molecule is [B][C@H]1COC(COC)C(O)C1. The minimum absolute atomic E-state index is 0.0295. The molecule has 0 aliphatic carbocycles. The molecule has 1 aliphatic rings. The van der Waals surface area contributed by atoms with E-state index in [4.69, 9.17) is 17.3 Å². The monoisotopic (exact) mass is 156 g/mol. The first-order chi connectivity index (χ1) is 5.24. The van der Waals surface area contributed by atoms with Crippen LogP contribution in [0.1, 0.15) is 6.42 Å². The van der Waals surface area contributed by atoms with E-state index in [0.717, 1.165) is 0 Å². The minimum atomic E-state index is -0.473. The second-order valence-corrected chi connectivity index (χ2v) is 2.89. The van der Waals surface area contributed by atoms with E-state index in [1.807, 2.05) is 0 Å². The van der Waals surface area contributed by atoms with Crippen LogP contribution in [0.5, 0.6) is 0 Å². The molecule has 2 unspecified atom stereocenters. The number of aliphatic hydroxyl groups excluding tert-OH is 1. The first-order valence-electron chi connectivity index (χ1n) is 3.78. The van der Waals surface area contributed by atoms with Gasteiger partial charge in [0.1, 0.15) is 6.10 Å². The van der Waals surface area contributed by atoms with Crippen LogP contribution < -0.4 is 0 Å². The van der Waals surface area contributed by atoms with Crippen molar-refractivity contribution < 1.29 is 14.6 Å². The van der Waals surface area contributed by atoms with Gasteiger partial charge in [-0.1, -0.05) is 5.82 Å². The second kappa shape index (κ2) is 4.09. The maximum absolute atomic E-state index is 9.39. The van der Waals surface area contributed by atoms with Gasteiger partial charge < -0.3 is 14.6 Å². The maximum Gasteiger partial charge on any atom is 0.107 e. The topological polar surface area (TPSA) is 38.7 Å². The molecule has 0 bridgehead atoms. The predicted molar refractivity (Wildman–Crippen MR) is 41.7 cm³/mol. The van der Waals surface area contributed by atoms with Gasteiger partial charge in [-0.2, -0.15) is 0 Å². The van der Waals surface area contributed by atoms with Gasteiger partial charge in [-0.25, -0.2) is 0 Å². The number of methoxy groups -OCH3 is 1. The van der Waals surface area contributed by atoms with Gasteiger partial charge in [0.2, 0.25) is 0 Å². The molecule has 0 amide bonds. The van der Waals surface area contributed by atoms with Crippen molar-refractivity contribution in [1.29, 1.82) is 0 Å². The molecule has 1 fully saturated rings. The summed E-state index contributed by atoms with van der Waals surface area (Å²) >= 11 is 0. The van der Waals surface area contributed by atoms with Crippen LogP contribution >= 0.6 is 0 Å². The van der Waals surface area contributed by atoms with Gasteiger partial charge in [0.25, 0.3) is 0 Å². The Morgan fingerprint density at radius 2 is 2.45 bits per heavy atom. The molecule has 0 aromatic carbocycles. The van der Waals surface area contributed by atoms with Crippen molar-refractivity contribution in [2.24, 2.45) is 0 Å². The Morgan fingerprint density at radius 1 is 1.73 bits per heavy atom. The third-order valence-corrected chi connectivity index (χ3v) is 1.83. The Morgan fingerprint density at radius 3 is 3.00 bits per heavy atom. The van der Waals surface area contributed by atoms with Crippen molar-refractivity contribution in [1.82, 2.24) is 0 Å². The zero-order valence-electron chi connectivity index (χ0n) is 6.69. The summed E-state index contributed by atoms with van der Waals surface area (Å²) in [5.74, 6) is -0.0295. The fraction of sp³-hybridized carbons (Fsp3) is 1.00. The summed E-state index contributed by atoms with van der Waals surface area (Å²) in [6.07, 6.45) is -0.0629. The van der Waals surface area contributed by atoms with Crippen LogP contribution in [0.25, 0.3) is 0 Å². The van der Waals surface area contributed by atoms with Gasteiger partial charge in [-0.05, 0) is 6.42 Å². The van der Waals surface area contributed by atoms with Gasteiger partial charge >= 0.3 is 0 Å². The van der Waals surface area contributed by atoms with Crippen LogP contribution in [0.2, 0.25) is 5.82 Å². The Bertz CT molecular complexity index is 120. The molecule has 11 heavy (non-hydrogen) atoms. The smallest absolute Gasteiger partial charge is 0.107 e. The first kappa shape index (κ1) is 9.04. The number of hydrogen-bond acceptors (Lipinski definition) is 3. The van der Waals surface area contributed by atoms with E-state index in [0.29, 0.717) is 19.6 Å². The lowest BCUT2D eigenvalue weighted by molar-refractivity contribution is -0.100. The van der Waals surface area contributed by atoms with Crippen LogP contribution in [0.3, 0.4) is 0 Å². The standard InChI is InChI=1S/C7H13BO3/c1-10-4-7-6(9)2-5(8)3-11-7/h5-7,9H,2-4H2,1H3/t5-,6?,7?/m1/s1. The Kier molecular flexibility index (Phi) is 3.36. The summed E-state index contributed by atoms with van der Waals surface area (Å²) in [6.45, 7) is 0.957. The zero-order chi connectivity index (χ0) is 8.27. The maximum atomic E-state index is 9.39. The van der Waals surface area contributed by atoms with E-state index in [1.54, 1.807) is 7.11 Å². The Hall–Kier alpha value is -0.0551. The van der Waals surface area contributed by atoms with Crippen LogP contribution in [0.15, 0.2) is 0 Å². The van der Waals surface area contributed by atoms with Crippen molar-refractivity contribution in [3.8, 4) is 0 Å². The molecule has 1 rings (SSSR count). The van der Waals surface area contributed by atoms with Gasteiger partial charge in [0, 0.05) is 13.7 Å².